The molecule has 1 aromatic rings. The van der Waals surface area contributed by atoms with Crippen LogP contribution < -0.4 is 4.90 Å². The van der Waals surface area contributed by atoms with Gasteiger partial charge < -0.3 is 19.4 Å². The summed E-state index contributed by atoms with van der Waals surface area (Å²) in [6.07, 6.45) is 8.26. The third kappa shape index (κ3) is 4.12. The molecule has 1 aromatic heterocycles. The molecule has 29 heavy (non-hydrogen) atoms. The van der Waals surface area contributed by atoms with Crippen molar-refractivity contribution in [2.75, 3.05) is 65.4 Å². The molecule has 1 aliphatic carbocycles. The zero-order valence-corrected chi connectivity index (χ0v) is 18.2. The Morgan fingerprint density at radius 1 is 1.28 bits per heavy atom. The van der Waals surface area contributed by atoms with Crippen molar-refractivity contribution in [2.24, 2.45) is 5.92 Å². The summed E-state index contributed by atoms with van der Waals surface area (Å²) in [4.78, 5) is 29.3. The SMILES string of the molecule is COCCN1CCC(C(=O)N2CCCC3(CCc4cnc(N(C)C)nc43)C2)CC1. The molecule has 3 heterocycles. The van der Waals surface area contributed by atoms with Crippen molar-refractivity contribution >= 4 is 11.9 Å². The molecule has 1 amide bonds. The van der Waals surface area contributed by atoms with Gasteiger partial charge in [-0.25, -0.2) is 9.97 Å². The summed E-state index contributed by atoms with van der Waals surface area (Å²) >= 11 is 0. The van der Waals surface area contributed by atoms with Gasteiger partial charge in [0.05, 0.1) is 12.3 Å². The number of carbonyl (C=O) groups is 1. The van der Waals surface area contributed by atoms with E-state index in [2.05, 4.69) is 14.8 Å². The van der Waals surface area contributed by atoms with Crippen molar-refractivity contribution in [3.8, 4) is 0 Å². The highest BCUT2D eigenvalue weighted by Crippen LogP contribution is 2.44. The number of ether oxygens (including phenoxy) is 1. The van der Waals surface area contributed by atoms with Gasteiger partial charge in [-0.15, -0.1) is 0 Å². The Kier molecular flexibility index (Phi) is 6.06. The van der Waals surface area contributed by atoms with Crippen LogP contribution in [0.25, 0.3) is 0 Å². The van der Waals surface area contributed by atoms with Crippen LogP contribution >= 0.6 is 0 Å². The van der Waals surface area contributed by atoms with Crippen LogP contribution in [0, 0.1) is 5.92 Å². The van der Waals surface area contributed by atoms with E-state index >= 15 is 0 Å². The van der Waals surface area contributed by atoms with E-state index in [1.165, 1.54) is 11.3 Å². The summed E-state index contributed by atoms with van der Waals surface area (Å²) in [6.45, 7) is 5.46. The molecular weight excluding hydrogens is 366 g/mol. The number of hydrogen-bond donors (Lipinski definition) is 0. The molecule has 0 bridgehead atoms. The lowest BCUT2D eigenvalue weighted by Gasteiger charge is -2.42. The summed E-state index contributed by atoms with van der Waals surface area (Å²) in [5.74, 6) is 1.32. The Morgan fingerprint density at radius 2 is 2.07 bits per heavy atom. The van der Waals surface area contributed by atoms with Crippen LogP contribution in [0.1, 0.15) is 43.4 Å². The minimum absolute atomic E-state index is 0.0239. The van der Waals surface area contributed by atoms with Crippen LogP contribution in [0.4, 0.5) is 5.95 Å². The first-order valence-corrected chi connectivity index (χ1v) is 11.1. The quantitative estimate of drug-likeness (QED) is 0.749. The van der Waals surface area contributed by atoms with Gasteiger partial charge in [-0.05, 0) is 57.2 Å². The Bertz CT molecular complexity index is 728. The number of nitrogens with zero attached hydrogens (tertiary/aromatic N) is 5. The molecule has 1 spiro atoms. The minimum Gasteiger partial charge on any atom is -0.383 e. The maximum atomic E-state index is 13.3. The van der Waals surface area contributed by atoms with Crippen LogP contribution in [-0.2, 0) is 21.4 Å². The highest BCUT2D eigenvalue weighted by molar-refractivity contribution is 5.79. The van der Waals surface area contributed by atoms with Gasteiger partial charge in [0.15, 0.2) is 0 Å². The molecule has 0 N–H and O–H groups in total. The smallest absolute Gasteiger partial charge is 0.225 e. The zero-order valence-electron chi connectivity index (χ0n) is 18.2. The van der Waals surface area contributed by atoms with Crippen molar-refractivity contribution in [2.45, 2.75) is 43.9 Å². The molecule has 4 rings (SSSR count). The number of methoxy groups -OCH3 is 1. The Labute approximate surface area is 174 Å². The number of fused-ring (bicyclic) bond motifs is 2. The fraction of sp³-hybridized carbons (Fsp3) is 0.773. The maximum Gasteiger partial charge on any atom is 0.225 e. The highest BCUT2D eigenvalue weighted by Gasteiger charge is 2.45. The largest absolute Gasteiger partial charge is 0.383 e. The number of aromatic nitrogens is 2. The molecule has 1 unspecified atom stereocenters. The van der Waals surface area contributed by atoms with E-state index < -0.39 is 0 Å². The second-order valence-corrected chi connectivity index (χ2v) is 9.19. The molecule has 0 radical (unpaired) electrons. The lowest BCUT2D eigenvalue weighted by Crippen LogP contribution is -2.51. The molecule has 160 valence electrons. The molecule has 3 aliphatic rings. The molecule has 2 aliphatic heterocycles. The van der Waals surface area contributed by atoms with Crippen molar-refractivity contribution in [1.82, 2.24) is 19.8 Å². The molecule has 7 heteroatoms. The molecule has 0 saturated carbocycles. The average Bonchev–Trinajstić information content (AvgIpc) is 3.09. The molecule has 2 fully saturated rings. The van der Waals surface area contributed by atoms with Gasteiger partial charge in [0.25, 0.3) is 0 Å². The van der Waals surface area contributed by atoms with E-state index in [1.54, 1.807) is 7.11 Å². The first-order chi connectivity index (χ1) is 14.0. The van der Waals surface area contributed by atoms with Crippen LogP contribution in [0.5, 0.6) is 0 Å². The van der Waals surface area contributed by atoms with Crippen molar-refractivity contribution in [3.63, 3.8) is 0 Å². The molecule has 1 atom stereocenters. The van der Waals surface area contributed by atoms with Gasteiger partial charge in [0.2, 0.25) is 11.9 Å². The Morgan fingerprint density at radius 3 is 2.79 bits per heavy atom. The predicted molar refractivity (Wildman–Crippen MR) is 113 cm³/mol. The fourth-order valence-corrected chi connectivity index (χ4v) is 5.35. The molecule has 2 saturated heterocycles. The molecular formula is C22H35N5O2. The van der Waals surface area contributed by atoms with Crippen LogP contribution in [0.3, 0.4) is 0 Å². The van der Waals surface area contributed by atoms with Gasteiger partial charge in [0.1, 0.15) is 0 Å². The normalized spacial score (nSPS) is 25.4. The summed E-state index contributed by atoms with van der Waals surface area (Å²) in [6, 6.07) is 0. The lowest BCUT2D eigenvalue weighted by molar-refractivity contribution is -0.139. The average molecular weight is 402 g/mol. The van der Waals surface area contributed by atoms with Crippen LogP contribution in [0.15, 0.2) is 6.20 Å². The lowest BCUT2D eigenvalue weighted by atomic mass is 9.77. The second-order valence-electron chi connectivity index (χ2n) is 9.19. The van der Waals surface area contributed by atoms with E-state index in [4.69, 9.17) is 9.72 Å². The summed E-state index contributed by atoms with van der Waals surface area (Å²) in [5, 5.41) is 0. The first-order valence-electron chi connectivity index (χ1n) is 11.1. The highest BCUT2D eigenvalue weighted by atomic mass is 16.5. The van der Waals surface area contributed by atoms with Crippen LogP contribution in [0.2, 0.25) is 0 Å². The van der Waals surface area contributed by atoms with E-state index in [-0.39, 0.29) is 11.3 Å². The number of rotatable bonds is 5. The standard InChI is InChI=1S/C22H35N5O2/c1-25(2)21-23-15-18-5-9-22(19(18)24-21)8-4-10-27(16-22)20(28)17-6-11-26(12-7-17)13-14-29-3/h15,17H,4-14,16H2,1-3H3. The van der Waals surface area contributed by atoms with Gasteiger partial charge in [0, 0.05) is 58.4 Å². The van der Waals surface area contributed by atoms with E-state index in [1.807, 2.05) is 25.2 Å². The number of piperidine rings is 2. The number of carbonyl (C=O) groups excluding carboxylic acids is 1. The monoisotopic (exact) mass is 401 g/mol. The maximum absolute atomic E-state index is 13.3. The predicted octanol–water partition coefficient (Wildman–Crippen LogP) is 1.71. The number of likely N-dealkylation sites (tertiary alicyclic amines) is 2. The molecule has 0 aromatic carbocycles. The van der Waals surface area contributed by atoms with E-state index in [9.17, 15) is 4.79 Å². The van der Waals surface area contributed by atoms with Gasteiger partial charge in [-0.1, -0.05) is 0 Å². The number of anilines is 1. The van der Waals surface area contributed by atoms with Crippen molar-refractivity contribution in [3.05, 3.63) is 17.5 Å². The second kappa shape index (κ2) is 8.56. The minimum atomic E-state index is 0.0239. The van der Waals surface area contributed by atoms with E-state index in [0.29, 0.717) is 5.91 Å². The summed E-state index contributed by atoms with van der Waals surface area (Å²) < 4.78 is 5.19. The van der Waals surface area contributed by atoms with Crippen LogP contribution in [-0.4, -0.2) is 86.2 Å². The Balaban J connectivity index is 1.44. The van der Waals surface area contributed by atoms with E-state index in [0.717, 1.165) is 83.8 Å². The van der Waals surface area contributed by atoms with Crippen molar-refractivity contribution < 1.29 is 9.53 Å². The summed E-state index contributed by atoms with van der Waals surface area (Å²) in [7, 11) is 5.72. The van der Waals surface area contributed by atoms with Gasteiger partial charge in [-0.3, -0.25) is 4.79 Å². The van der Waals surface area contributed by atoms with Gasteiger partial charge >= 0.3 is 0 Å². The molecule has 7 nitrogen and oxygen atoms in total. The first kappa shape index (κ1) is 20.5. The fourth-order valence-electron chi connectivity index (χ4n) is 5.35. The van der Waals surface area contributed by atoms with Gasteiger partial charge in [-0.2, -0.15) is 0 Å². The Hall–Kier alpha value is -1.73. The zero-order chi connectivity index (χ0) is 20.4. The third-order valence-corrected chi connectivity index (χ3v) is 7.06. The summed E-state index contributed by atoms with van der Waals surface area (Å²) in [5.41, 5.74) is 2.50. The topological polar surface area (TPSA) is 61.8 Å². The number of hydrogen-bond acceptors (Lipinski definition) is 6. The number of aryl methyl sites for hydroxylation is 1. The number of amides is 1. The van der Waals surface area contributed by atoms with Crippen molar-refractivity contribution in [1.29, 1.82) is 0 Å². The third-order valence-electron chi connectivity index (χ3n) is 7.06.